The molecule has 36 heavy (non-hydrogen) atoms. The van der Waals surface area contributed by atoms with Gasteiger partial charge in [0, 0.05) is 10.6 Å². The van der Waals surface area contributed by atoms with Crippen LogP contribution in [0.4, 0.5) is 0 Å². The molecule has 0 heterocycles. The Balaban J connectivity index is 1.29. The Labute approximate surface area is 215 Å². The fraction of sp³-hybridized carbons (Fsp3) is 0.103. The summed E-state index contributed by atoms with van der Waals surface area (Å²) >= 11 is 5.92. The lowest BCUT2D eigenvalue weighted by atomic mass is 10.2. The molecule has 4 aromatic rings. The van der Waals surface area contributed by atoms with Gasteiger partial charge in [0.2, 0.25) is 0 Å². The highest BCUT2D eigenvalue weighted by Crippen LogP contribution is 2.28. The lowest BCUT2D eigenvalue weighted by Gasteiger charge is -2.11. The Kier molecular flexibility index (Phi) is 8.57. The van der Waals surface area contributed by atoms with E-state index in [2.05, 4.69) is 10.5 Å². The molecule has 0 aliphatic carbocycles. The molecule has 4 aromatic carbocycles. The zero-order chi connectivity index (χ0) is 25.2. The molecule has 7 heteroatoms. The van der Waals surface area contributed by atoms with Crippen molar-refractivity contribution in [2.75, 3.05) is 7.11 Å². The van der Waals surface area contributed by atoms with Crippen LogP contribution in [0.25, 0.3) is 0 Å². The average molecular weight is 501 g/mol. The van der Waals surface area contributed by atoms with Gasteiger partial charge in [-0.05, 0) is 71.3 Å². The Morgan fingerprint density at radius 1 is 0.833 bits per heavy atom. The second-order valence-corrected chi connectivity index (χ2v) is 8.26. The maximum Gasteiger partial charge on any atom is 0.271 e. The summed E-state index contributed by atoms with van der Waals surface area (Å²) in [5, 5.41) is 4.74. The number of rotatable bonds is 10. The van der Waals surface area contributed by atoms with Crippen LogP contribution in [-0.2, 0) is 13.2 Å². The highest BCUT2D eigenvalue weighted by atomic mass is 35.5. The van der Waals surface area contributed by atoms with Gasteiger partial charge < -0.3 is 14.2 Å². The number of hydrogen-bond donors (Lipinski definition) is 1. The summed E-state index contributed by atoms with van der Waals surface area (Å²) in [7, 11) is 1.57. The van der Waals surface area contributed by atoms with Crippen molar-refractivity contribution in [3.8, 4) is 17.2 Å². The largest absolute Gasteiger partial charge is 0.493 e. The fourth-order valence-corrected chi connectivity index (χ4v) is 3.42. The van der Waals surface area contributed by atoms with E-state index in [9.17, 15) is 4.79 Å². The summed E-state index contributed by atoms with van der Waals surface area (Å²) in [4.78, 5) is 12.4. The molecule has 0 spiro atoms. The summed E-state index contributed by atoms with van der Waals surface area (Å²) in [5.41, 5.74) is 5.82. The van der Waals surface area contributed by atoms with Crippen LogP contribution in [0.15, 0.2) is 102 Å². The van der Waals surface area contributed by atoms with Gasteiger partial charge in [-0.15, -0.1) is 0 Å². The van der Waals surface area contributed by atoms with Gasteiger partial charge in [-0.1, -0.05) is 54.1 Å². The van der Waals surface area contributed by atoms with Crippen molar-refractivity contribution in [2.24, 2.45) is 5.10 Å². The number of ether oxygens (including phenoxy) is 3. The van der Waals surface area contributed by atoms with E-state index in [0.717, 1.165) is 16.7 Å². The lowest BCUT2D eigenvalue weighted by Crippen LogP contribution is -2.17. The number of nitrogens with zero attached hydrogens (tertiary/aromatic N) is 1. The number of methoxy groups -OCH3 is 1. The summed E-state index contributed by atoms with van der Waals surface area (Å²) < 4.78 is 17.1. The van der Waals surface area contributed by atoms with Crippen molar-refractivity contribution < 1.29 is 19.0 Å². The third-order valence-electron chi connectivity index (χ3n) is 5.24. The Hall–Kier alpha value is -4.29. The second-order valence-electron chi connectivity index (χ2n) is 7.82. The van der Waals surface area contributed by atoms with Gasteiger partial charge in [0.25, 0.3) is 5.91 Å². The number of carbonyl (C=O) groups excluding carboxylic acids is 1. The van der Waals surface area contributed by atoms with Crippen LogP contribution in [-0.4, -0.2) is 19.2 Å². The second kappa shape index (κ2) is 12.4. The molecule has 0 aliphatic heterocycles. The molecule has 0 aliphatic rings. The third-order valence-corrected chi connectivity index (χ3v) is 5.49. The van der Waals surface area contributed by atoms with E-state index in [-0.39, 0.29) is 5.91 Å². The molecule has 0 unspecified atom stereocenters. The molecule has 0 fully saturated rings. The highest BCUT2D eigenvalue weighted by molar-refractivity contribution is 6.30. The first-order chi connectivity index (χ1) is 17.6. The van der Waals surface area contributed by atoms with Gasteiger partial charge in [0.15, 0.2) is 11.5 Å². The Bertz CT molecular complexity index is 1310. The van der Waals surface area contributed by atoms with Gasteiger partial charge in [0.05, 0.1) is 13.3 Å². The van der Waals surface area contributed by atoms with E-state index in [1.807, 2.05) is 60.7 Å². The maximum absolute atomic E-state index is 12.4. The number of hydrazone groups is 1. The number of halogens is 1. The number of nitrogens with one attached hydrogen (secondary N) is 1. The molecule has 0 saturated heterocycles. The van der Waals surface area contributed by atoms with E-state index in [1.54, 1.807) is 49.7 Å². The van der Waals surface area contributed by atoms with Gasteiger partial charge >= 0.3 is 0 Å². The SMILES string of the molecule is COc1cc(/C=N\NC(=O)c2ccc(OCc3ccccc3)cc2)ccc1OCc1ccc(Cl)cc1. The molecule has 0 saturated carbocycles. The lowest BCUT2D eigenvalue weighted by molar-refractivity contribution is 0.0955. The standard InChI is InChI=1S/C29H25ClN2O4/c1-34-28-17-23(9-16-27(28)36-20-22-7-12-25(30)13-8-22)18-31-32-29(33)24-10-14-26(15-11-24)35-19-21-5-3-2-4-6-21/h2-18H,19-20H2,1H3,(H,32,33)/b31-18-. The summed E-state index contributed by atoms with van der Waals surface area (Å²) in [6.45, 7) is 0.845. The van der Waals surface area contributed by atoms with Crippen molar-refractivity contribution >= 4 is 23.7 Å². The van der Waals surface area contributed by atoms with Crippen LogP contribution in [0.3, 0.4) is 0 Å². The zero-order valence-electron chi connectivity index (χ0n) is 19.7. The van der Waals surface area contributed by atoms with Gasteiger partial charge in [-0.3, -0.25) is 4.79 Å². The van der Waals surface area contributed by atoms with Crippen LogP contribution in [0.2, 0.25) is 5.02 Å². The number of benzene rings is 4. The number of hydrogen-bond acceptors (Lipinski definition) is 5. The quantitative estimate of drug-likeness (QED) is 0.206. The van der Waals surface area contributed by atoms with E-state index in [1.165, 1.54) is 0 Å². The van der Waals surface area contributed by atoms with Crippen molar-refractivity contribution in [1.82, 2.24) is 5.43 Å². The molecular formula is C29H25ClN2O4. The molecule has 0 radical (unpaired) electrons. The topological polar surface area (TPSA) is 69.2 Å². The smallest absolute Gasteiger partial charge is 0.271 e. The van der Waals surface area contributed by atoms with E-state index < -0.39 is 0 Å². The van der Waals surface area contributed by atoms with Crippen molar-refractivity contribution in [2.45, 2.75) is 13.2 Å². The van der Waals surface area contributed by atoms with Crippen molar-refractivity contribution in [3.63, 3.8) is 0 Å². The van der Waals surface area contributed by atoms with Crippen molar-refractivity contribution in [3.05, 3.63) is 124 Å². The minimum Gasteiger partial charge on any atom is -0.493 e. The van der Waals surface area contributed by atoms with Crippen LogP contribution in [0, 0.1) is 0 Å². The highest BCUT2D eigenvalue weighted by Gasteiger charge is 2.07. The predicted molar refractivity (Wildman–Crippen MR) is 141 cm³/mol. The predicted octanol–water partition coefficient (Wildman–Crippen LogP) is 6.27. The molecule has 4 rings (SSSR count). The van der Waals surface area contributed by atoms with Crippen LogP contribution >= 0.6 is 11.6 Å². The summed E-state index contributed by atoms with van der Waals surface area (Å²) in [5.74, 6) is 1.52. The summed E-state index contributed by atoms with van der Waals surface area (Å²) in [6, 6.07) is 29.7. The molecule has 1 N–H and O–H groups in total. The minimum atomic E-state index is -0.323. The van der Waals surface area contributed by atoms with Gasteiger partial charge in [-0.25, -0.2) is 5.43 Å². The zero-order valence-corrected chi connectivity index (χ0v) is 20.4. The van der Waals surface area contributed by atoms with Gasteiger partial charge in [-0.2, -0.15) is 5.10 Å². The number of carbonyl (C=O) groups is 1. The molecule has 0 aromatic heterocycles. The molecule has 1 amide bonds. The number of amides is 1. The minimum absolute atomic E-state index is 0.323. The molecule has 0 atom stereocenters. The molecule has 0 bridgehead atoms. The fourth-order valence-electron chi connectivity index (χ4n) is 3.30. The normalized spacial score (nSPS) is 10.7. The van der Waals surface area contributed by atoms with Crippen LogP contribution < -0.4 is 19.6 Å². The molecular weight excluding hydrogens is 476 g/mol. The molecule has 182 valence electrons. The maximum atomic E-state index is 12.4. The average Bonchev–Trinajstić information content (AvgIpc) is 2.92. The van der Waals surface area contributed by atoms with E-state index in [4.69, 9.17) is 25.8 Å². The Morgan fingerprint density at radius 3 is 2.25 bits per heavy atom. The first kappa shape index (κ1) is 24.8. The Morgan fingerprint density at radius 2 is 1.53 bits per heavy atom. The molecule has 6 nitrogen and oxygen atoms in total. The monoisotopic (exact) mass is 500 g/mol. The van der Waals surface area contributed by atoms with Gasteiger partial charge in [0.1, 0.15) is 19.0 Å². The third kappa shape index (κ3) is 7.10. The first-order valence-corrected chi connectivity index (χ1v) is 11.6. The van der Waals surface area contributed by atoms with Crippen LogP contribution in [0.1, 0.15) is 27.0 Å². The first-order valence-electron chi connectivity index (χ1n) is 11.3. The van der Waals surface area contributed by atoms with Crippen LogP contribution in [0.5, 0.6) is 17.2 Å². The van der Waals surface area contributed by atoms with E-state index >= 15 is 0 Å². The van der Waals surface area contributed by atoms with Crippen molar-refractivity contribution in [1.29, 1.82) is 0 Å². The summed E-state index contributed by atoms with van der Waals surface area (Å²) in [6.07, 6.45) is 1.54. The van der Waals surface area contributed by atoms with E-state index in [0.29, 0.717) is 41.0 Å².